The summed E-state index contributed by atoms with van der Waals surface area (Å²) in [6, 6.07) is 0.487. The lowest BCUT2D eigenvalue weighted by molar-refractivity contribution is -0.138. The van der Waals surface area contributed by atoms with Crippen molar-refractivity contribution in [3.05, 3.63) is 34.3 Å². The summed E-state index contributed by atoms with van der Waals surface area (Å²) in [6.07, 6.45) is -10.7. The Morgan fingerprint density at radius 1 is 1.11 bits per heavy atom. The molecule has 110 valence electrons. The predicted octanol–water partition coefficient (Wildman–Crippen LogP) is 4.73. The molecule has 1 aromatic rings. The molecular weight excluding hydrogens is 319 g/mol. The molecule has 0 radical (unpaired) electrons. The molecule has 19 heavy (non-hydrogen) atoms. The van der Waals surface area contributed by atoms with Gasteiger partial charge in [0.05, 0.1) is 12.0 Å². The maximum Gasteiger partial charge on any atom is 0.416 e. The molecule has 0 bridgehead atoms. The molecule has 0 aliphatic carbocycles. The fourth-order valence-electron chi connectivity index (χ4n) is 1.36. The Bertz CT molecular complexity index is 429. The van der Waals surface area contributed by atoms with Crippen molar-refractivity contribution in [2.75, 3.05) is 0 Å². The van der Waals surface area contributed by atoms with Gasteiger partial charge < -0.3 is 5.73 Å². The first-order chi connectivity index (χ1) is 8.00. The van der Waals surface area contributed by atoms with E-state index in [4.69, 9.17) is 17.3 Å². The summed E-state index contributed by atoms with van der Waals surface area (Å²) in [7, 11) is 0. The van der Waals surface area contributed by atoms with Crippen molar-refractivity contribution in [3.63, 3.8) is 0 Å². The molecule has 0 aliphatic heterocycles. The fraction of sp³-hybridized carbons (Fsp3) is 0.400. The van der Waals surface area contributed by atoms with E-state index >= 15 is 0 Å². The highest BCUT2D eigenvalue weighted by atomic mass is 35.5. The van der Waals surface area contributed by atoms with Crippen LogP contribution in [-0.4, -0.2) is 6.18 Å². The van der Waals surface area contributed by atoms with E-state index in [1.54, 1.807) is 0 Å². The highest BCUT2D eigenvalue weighted by molar-refractivity contribution is 6.31. The second-order valence-corrected chi connectivity index (χ2v) is 4.07. The minimum atomic E-state index is -4.66. The number of hydrogen-bond donors (Lipinski definition) is 1. The molecule has 0 aromatic heterocycles. The molecule has 1 atom stereocenters. The van der Waals surface area contributed by atoms with E-state index < -0.39 is 30.4 Å². The van der Waals surface area contributed by atoms with Gasteiger partial charge in [0.15, 0.2) is 0 Å². The maximum atomic E-state index is 12.4. The summed E-state index contributed by atoms with van der Waals surface area (Å²) in [5, 5.41) is -0.222. The van der Waals surface area contributed by atoms with Gasteiger partial charge in [0.2, 0.25) is 0 Å². The first-order valence-corrected chi connectivity index (χ1v) is 5.07. The Balaban J connectivity index is 0.00000324. The van der Waals surface area contributed by atoms with E-state index in [1.165, 1.54) is 0 Å². The van der Waals surface area contributed by atoms with Crippen LogP contribution in [0.15, 0.2) is 18.2 Å². The van der Waals surface area contributed by atoms with Crippen molar-refractivity contribution < 1.29 is 26.3 Å². The summed E-state index contributed by atoms with van der Waals surface area (Å²) < 4.78 is 73.5. The van der Waals surface area contributed by atoms with Crippen LogP contribution in [0.4, 0.5) is 26.3 Å². The van der Waals surface area contributed by atoms with Crippen LogP contribution < -0.4 is 5.73 Å². The molecule has 1 nitrogen and oxygen atoms in total. The van der Waals surface area contributed by atoms with Gasteiger partial charge in [0, 0.05) is 11.1 Å². The van der Waals surface area contributed by atoms with E-state index in [0.717, 1.165) is 6.07 Å². The summed E-state index contributed by atoms with van der Waals surface area (Å²) in [4.78, 5) is 0. The standard InChI is InChI=1S/C10H8ClF6N.ClH/c11-7-2-1-5(10(15,16)17)3-6(7)8(18)4-9(12,13)14;/h1-3,8H,4,18H2;1H/t8-;/m0./s1. The van der Waals surface area contributed by atoms with E-state index in [1.807, 2.05) is 0 Å². The van der Waals surface area contributed by atoms with Crippen molar-refractivity contribution in [3.8, 4) is 0 Å². The van der Waals surface area contributed by atoms with Gasteiger partial charge in [-0.05, 0) is 23.8 Å². The zero-order chi connectivity index (χ0) is 14.1. The largest absolute Gasteiger partial charge is 0.416 e. The molecule has 0 amide bonds. The van der Waals surface area contributed by atoms with Crippen molar-refractivity contribution in [1.82, 2.24) is 0 Å². The maximum absolute atomic E-state index is 12.4. The van der Waals surface area contributed by atoms with Crippen molar-refractivity contribution >= 4 is 24.0 Å². The number of rotatable bonds is 2. The third-order valence-electron chi connectivity index (χ3n) is 2.17. The topological polar surface area (TPSA) is 26.0 Å². The van der Waals surface area contributed by atoms with Crippen LogP contribution in [0.1, 0.15) is 23.6 Å². The third-order valence-corrected chi connectivity index (χ3v) is 2.52. The third kappa shape index (κ3) is 5.46. The predicted molar refractivity (Wildman–Crippen MR) is 61.3 cm³/mol. The van der Waals surface area contributed by atoms with Gasteiger partial charge in [-0.1, -0.05) is 11.6 Å². The molecule has 0 saturated heterocycles. The highest BCUT2D eigenvalue weighted by Crippen LogP contribution is 2.36. The molecule has 9 heteroatoms. The van der Waals surface area contributed by atoms with Crippen LogP contribution in [0.5, 0.6) is 0 Å². The minimum Gasteiger partial charge on any atom is -0.324 e. The first-order valence-electron chi connectivity index (χ1n) is 4.69. The molecule has 0 aliphatic rings. The van der Waals surface area contributed by atoms with Crippen molar-refractivity contribution in [2.24, 2.45) is 5.73 Å². The van der Waals surface area contributed by atoms with Gasteiger partial charge in [-0.25, -0.2) is 0 Å². The lowest BCUT2D eigenvalue weighted by Crippen LogP contribution is -2.21. The van der Waals surface area contributed by atoms with Crippen LogP contribution in [0.25, 0.3) is 0 Å². The highest BCUT2D eigenvalue weighted by Gasteiger charge is 2.34. The van der Waals surface area contributed by atoms with Gasteiger partial charge >= 0.3 is 12.4 Å². The Kier molecular flexibility index (Phi) is 5.98. The number of hydrogen-bond acceptors (Lipinski definition) is 1. The Labute approximate surface area is 116 Å². The van der Waals surface area contributed by atoms with Crippen LogP contribution in [0, 0.1) is 0 Å². The van der Waals surface area contributed by atoms with Crippen LogP contribution >= 0.6 is 24.0 Å². The molecular formula is C10H9Cl2F6N. The number of benzene rings is 1. The quantitative estimate of drug-likeness (QED) is 0.780. The lowest BCUT2D eigenvalue weighted by atomic mass is 10.0. The zero-order valence-corrected chi connectivity index (χ0v) is 10.7. The molecule has 0 spiro atoms. The van der Waals surface area contributed by atoms with E-state index in [0.29, 0.717) is 12.1 Å². The van der Waals surface area contributed by atoms with E-state index in [2.05, 4.69) is 0 Å². The van der Waals surface area contributed by atoms with E-state index in [-0.39, 0.29) is 23.0 Å². The Hall–Kier alpha value is -0.660. The zero-order valence-electron chi connectivity index (χ0n) is 9.15. The van der Waals surface area contributed by atoms with Crippen LogP contribution in [-0.2, 0) is 6.18 Å². The second kappa shape index (κ2) is 6.19. The summed E-state index contributed by atoms with van der Waals surface area (Å²) in [6.45, 7) is 0. The SMILES string of the molecule is Cl.N[C@@H](CC(F)(F)F)c1cc(C(F)(F)F)ccc1Cl. The molecule has 0 saturated carbocycles. The molecule has 0 heterocycles. The first kappa shape index (κ1) is 18.3. The van der Waals surface area contributed by atoms with Gasteiger partial charge in [-0.3, -0.25) is 0 Å². The van der Waals surface area contributed by atoms with Gasteiger partial charge in [0.25, 0.3) is 0 Å². The normalized spacial score (nSPS) is 13.9. The average molecular weight is 328 g/mol. The van der Waals surface area contributed by atoms with Gasteiger partial charge in [-0.2, -0.15) is 26.3 Å². The van der Waals surface area contributed by atoms with Crippen molar-refractivity contribution in [1.29, 1.82) is 0 Å². The van der Waals surface area contributed by atoms with E-state index in [9.17, 15) is 26.3 Å². The molecule has 1 rings (SSSR count). The lowest BCUT2D eigenvalue weighted by Gasteiger charge is -2.17. The van der Waals surface area contributed by atoms with Crippen LogP contribution in [0.3, 0.4) is 0 Å². The molecule has 1 aromatic carbocycles. The Morgan fingerprint density at radius 3 is 2.05 bits per heavy atom. The number of alkyl halides is 6. The average Bonchev–Trinajstić information content (AvgIpc) is 2.13. The minimum absolute atomic E-state index is 0. The smallest absolute Gasteiger partial charge is 0.324 e. The van der Waals surface area contributed by atoms with Crippen LogP contribution in [0.2, 0.25) is 5.02 Å². The molecule has 2 N–H and O–H groups in total. The van der Waals surface area contributed by atoms with Crippen molar-refractivity contribution in [2.45, 2.75) is 24.8 Å². The number of halogens is 8. The summed E-state index contributed by atoms with van der Waals surface area (Å²) >= 11 is 5.56. The monoisotopic (exact) mass is 327 g/mol. The second-order valence-electron chi connectivity index (χ2n) is 3.66. The Morgan fingerprint density at radius 2 is 1.63 bits per heavy atom. The van der Waals surface area contributed by atoms with Gasteiger partial charge in [-0.15, -0.1) is 12.4 Å². The van der Waals surface area contributed by atoms with Gasteiger partial charge in [0.1, 0.15) is 0 Å². The number of nitrogens with two attached hydrogens (primary N) is 1. The fourth-order valence-corrected chi connectivity index (χ4v) is 1.62. The summed E-state index contributed by atoms with van der Waals surface area (Å²) in [5.74, 6) is 0. The summed E-state index contributed by atoms with van der Waals surface area (Å²) in [5.41, 5.74) is 3.77. The molecule has 0 fully saturated rings. The molecule has 0 unspecified atom stereocenters.